The number of nitrogens with one attached hydrogen (secondary N) is 1. The Bertz CT molecular complexity index is 621. The van der Waals surface area contributed by atoms with E-state index in [0.29, 0.717) is 5.75 Å². The molecule has 0 radical (unpaired) electrons. The van der Waals surface area contributed by atoms with Crippen molar-refractivity contribution >= 4 is 12.1 Å². The predicted molar refractivity (Wildman–Crippen MR) is 91.5 cm³/mol. The van der Waals surface area contributed by atoms with Crippen LogP contribution < -0.4 is 5.43 Å². The molecule has 0 heterocycles. The third kappa shape index (κ3) is 5.10. The van der Waals surface area contributed by atoms with Crippen LogP contribution in [0.2, 0.25) is 0 Å². The number of nitriles is 1. The minimum Gasteiger partial charge on any atom is -0.507 e. The van der Waals surface area contributed by atoms with Gasteiger partial charge in [0, 0.05) is 11.1 Å². The van der Waals surface area contributed by atoms with Gasteiger partial charge in [0.1, 0.15) is 12.2 Å². The number of nitrogens with zero attached hydrogens (tertiary/aromatic N) is 2. The number of amides is 1. The number of aromatic hydroxyl groups is 1. The third-order valence-electron chi connectivity index (χ3n) is 3.39. The summed E-state index contributed by atoms with van der Waals surface area (Å²) in [4.78, 5) is 11.3. The SMILES string of the molecule is CC(C)(C)c1cc(/C=N\NC(=O)CC#N)cc(C(C)(C)C)c1O. The number of hydrogen-bond donors (Lipinski definition) is 2. The zero-order chi connectivity index (χ0) is 17.8. The van der Waals surface area contributed by atoms with E-state index in [9.17, 15) is 9.90 Å². The van der Waals surface area contributed by atoms with E-state index in [-0.39, 0.29) is 17.3 Å². The van der Waals surface area contributed by atoms with E-state index in [0.717, 1.165) is 16.7 Å². The normalized spacial score (nSPS) is 12.2. The van der Waals surface area contributed by atoms with Gasteiger partial charge in [0.2, 0.25) is 0 Å². The van der Waals surface area contributed by atoms with Crippen LogP contribution in [0.5, 0.6) is 5.75 Å². The molecule has 0 bridgehead atoms. The molecule has 1 aromatic carbocycles. The predicted octanol–water partition coefficient (Wildman–Crippen LogP) is 3.35. The summed E-state index contributed by atoms with van der Waals surface area (Å²) in [6, 6.07) is 5.49. The Hall–Kier alpha value is -2.35. The molecule has 0 aliphatic heterocycles. The zero-order valence-electron chi connectivity index (χ0n) is 14.7. The molecule has 0 fully saturated rings. The van der Waals surface area contributed by atoms with Crippen LogP contribution in [0.4, 0.5) is 0 Å². The molecule has 0 saturated heterocycles. The molecule has 0 unspecified atom stereocenters. The first-order chi connectivity index (χ1) is 10.5. The highest BCUT2D eigenvalue weighted by molar-refractivity contribution is 5.84. The largest absolute Gasteiger partial charge is 0.507 e. The Morgan fingerprint density at radius 2 is 1.70 bits per heavy atom. The van der Waals surface area contributed by atoms with Gasteiger partial charge in [-0.15, -0.1) is 0 Å². The molecular weight excluding hydrogens is 290 g/mol. The molecule has 1 amide bonds. The fourth-order valence-corrected chi connectivity index (χ4v) is 2.16. The summed E-state index contributed by atoms with van der Waals surface area (Å²) in [5.74, 6) is -0.148. The summed E-state index contributed by atoms with van der Waals surface area (Å²) in [6.45, 7) is 12.2. The molecule has 2 N–H and O–H groups in total. The smallest absolute Gasteiger partial charge is 0.254 e. The Morgan fingerprint density at radius 1 is 1.22 bits per heavy atom. The van der Waals surface area contributed by atoms with Crippen molar-refractivity contribution in [2.45, 2.75) is 58.8 Å². The van der Waals surface area contributed by atoms with E-state index in [4.69, 9.17) is 5.26 Å². The van der Waals surface area contributed by atoms with Crippen molar-refractivity contribution in [2.24, 2.45) is 5.10 Å². The maximum absolute atomic E-state index is 11.3. The van der Waals surface area contributed by atoms with Gasteiger partial charge in [0.05, 0.1) is 12.3 Å². The van der Waals surface area contributed by atoms with Crippen molar-refractivity contribution in [2.75, 3.05) is 0 Å². The number of benzene rings is 1. The lowest BCUT2D eigenvalue weighted by molar-refractivity contribution is -0.120. The van der Waals surface area contributed by atoms with E-state index < -0.39 is 5.91 Å². The number of carbonyl (C=O) groups excluding carboxylic acids is 1. The number of phenols is 1. The summed E-state index contributed by atoms with van der Waals surface area (Å²) in [6.07, 6.45) is 1.30. The van der Waals surface area contributed by atoms with Gasteiger partial charge in [-0.05, 0) is 28.5 Å². The third-order valence-corrected chi connectivity index (χ3v) is 3.39. The molecular formula is C18H25N3O2. The van der Waals surface area contributed by atoms with Crippen molar-refractivity contribution in [3.8, 4) is 11.8 Å². The van der Waals surface area contributed by atoms with Gasteiger partial charge in [-0.3, -0.25) is 4.79 Å². The standard InChI is InChI=1S/C18H25N3O2/c1-17(2,3)13-9-12(11-20-21-15(22)7-8-19)10-14(16(13)23)18(4,5)6/h9-11,23H,7H2,1-6H3,(H,21,22)/b20-11-. The number of carbonyl (C=O) groups is 1. The fraction of sp³-hybridized carbons (Fsp3) is 0.500. The molecule has 1 aromatic rings. The van der Waals surface area contributed by atoms with Crippen LogP contribution >= 0.6 is 0 Å². The maximum atomic E-state index is 11.3. The Labute approximate surface area is 138 Å². The van der Waals surface area contributed by atoms with Gasteiger partial charge in [0.25, 0.3) is 5.91 Å². The second-order valence-electron chi connectivity index (χ2n) is 7.59. The van der Waals surface area contributed by atoms with Crippen LogP contribution in [0.15, 0.2) is 17.2 Å². The lowest BCUT2D eigenvalue weighted by Gasteiger charge is -2.27. The van der Waals surface area contributed by atoms with Crippen LogP contribution in [0.25, 0.3) is 0 Å². The number of hydrazone groups is 1. The van der Waals surface area contributed by atoms with Crippen LogP contribution in [0, 0.1) is 11.3 Å². The number of phenolic OH excluding ortho intramolecular Hbond substituents is 1. The Morgan fingerprint density at radius 3 is 2.09 bits per heavy atom. The van der Waals surface area contributed by atoms with Gasteiger partial charge >= 0.3 is 0 Å². The van der Waals surface area contributed by atoms with Crippen LogP contribution in [0.1, 0.15) is 64.7 Å². The lowest BCUT2D eigenvalue weighted by atomic mass is 9.78. The second kappa shape index (κ2) is 6.82. The molecule has 5 nitrogen and oxygen atoms in total. The van der Waals surface area contributed by atoms with E-state index in [1.54, 1.807) is 6.07 Å². The van der Waals surface area contributed by atoms with E-state index in [1.807, 2.05) is 53.7 Å². The molecule has 23 heavy (non-hydrogen) atoms. The summed E-state index contributed by atoms with van der Waals surface area (Å²) < 4.78 is 0. The lowest BCUT2D eigenvalue weighted by Crippen LogP contribution is -2.18. The molecule has 1 rings (SSSR count). The summed E-state index contributed by atoms with van der Waals surface area (Å²) in [5, 5.41) is 22.9. The first-order valence-electron chi connectivity index (χ1n) is 7.53. The molecule has 0 saturated carbocycles. The van der Waals surface area contributed by atoms with Crippen molar-refractivity contribution in [1.29, 1.82) is 5.26 Å². The molecule has 0 spiro atoms. The topological polar surface area (TPSA) is 85.5 Å². The minimum atomic E-state index is -0.449. The highest BCUT2D eigenvalue weighted by Crippen LogP contribution is 2.39. The highest BCUT2D eigenvalue weighted by atomic mass is 16.3. The molecule has 0 atom stereocenters. The Kier molecular flexibility index (Phi) is 5.55. The van der Waals surface area contributed by atoms with Gasteiger partial charge < -0.3 is 5.11 Å². The summed E-state index contributed by atoms with van der Waals surface area (Å²) in [5.41, 5.74) is 4.30. The average Bonchev–Trinajstić information content (AvgIpc) is 2.38. The molecule has 5 heteroatoms. The molecule has 0 aliphatic carbocycles. The van der Waals surface area contributed by atoms with Gasteiger partial charge in [-0.1, -0.05) is 41.5 Å². The number of hydrogen-bond acceptors (Lipinski definition) is 4. The second-order valence-corrected chi connectivity index (χ2v) is 7.59. The highest BCUT2D eigenvalue weighted by Gasteiger charge is 2.26. The van der Waals surface area contributed by atoms with Crippen molar-refractivity contribution in [3.05, 3.63) is 28.8 Å². The zero-order valence-corrected chi connectivity index (χ0v) is 14.7. The average molecular weight is 315 g/mol. The molecule has 0 aromatic heterocycles. The molecule has 124 valence electrons. The molecule has 0 aliphatic rings. The van der Waals surface area contributed by atoms with Crippen molar-refractivity contribution in [1.82, 2.24) is 5.43 Å². The minimum absolute atomic E-state index is 0.224. The van der Waals surface area contributed by atoms with Crippen molar-refractivity contribution < 1.29 is 9.90 Å². The fourth-order valence-electron chi connectivity index (χ4n) is 2.16. The van der Waals surface area contributed by atoms with Crippen LogP contribution in [0.3, 0.4) is 0 Å². The van der Waals surface area contributed by atoms with Gasteiger partial charge in [-0.25, -0.2) is 5.43 Å². The van der Waals surface area contributed by atoms with Crippen molar-refractivity contribution in [3.63, 3.8) is 0 Å². The first-order valence-corrected chi connectivity index (χ1v) is 7.53. The summed E-state index contributed by atoms with van der Waals surface area (Å²) >= 11 is 0. The quantitative estimate of drug-likeness (QED) is 0.662. The van der Waals surface area contributed by atoms with Gasteiger partial charge in [0.15, 0.2) is 0 Å². The maximum Gasteiger partial charge on any atom is 0.254 e. The monoisotopic (exact) mass is 315 g/mol. The summed E-state index contributed by atoms with van der Waals surface area (Å²) in [7, 11) is 0. The Balaban J connectivity index is 3.27. The van der Waals surface area contributed by atoms with E-state index in [1.165, 1.54) is 6.21 Å². The number of rotatable bonds is 3. The first kappa shape index (κ1) is 18.7. The van der Waals surface area contributed by atoms with Crippen LogP contribution in [-0.4, -0.2) is 17.2 Å². The van der Waals surface area contributed by atoms with Crippen LogP contribution in [-0.2, 0) is 15.6 Å². The van der Waals surface area contributed by atoms with E-state index in [2.05, 4.69) is 10.5 Å². The van der Waals surface area contributed by atoms with Gasteiger partial charge in [-0.2, -0.15) is 10.4 Å². The van der Waals surface area contributed by atoms with E-state index >= 15 is 0 Å².